The molecule has 126 valence electrons. The smallest absolute Gasteiger partial charge is 0.256 e. The first-order chi connectivity index (χ1) is 11.6. The maximum absolute atomic E-state index is 12.4. The van der Waals surface area contributed by atoms with Crippen LogP contribution in [0.25, 0.3) is 0 Å². The number of fused-ring (bicyclic) bond motifs is 1. The van der Waals surface area contributed by atoms with Crippen molar-refractivity contribution in [2.45, 2.75) is 38.1 Å². The highest BCUT2D eigenvalue weighted by atomic mass is 16.5. The number of nitrogens with one attached hydrogen (secondary N) is 1. The summed E-state index contributed by atoms with van der Waals surface area (Å²) in [6, 6.07) is 0. The summed E-state index contributed by atoms with van der Waals surface area (Å²) in [5.41, 5.74) is 8.02. The van der Waals surface area contributed by atoms with Gasteiger partial charge < -0.3 is 15.6 Å². The SMILES string of the molecule is NC(=O)c1cnn2c1CC(CNC(=O)c1conc1C1CC1)CC2. The van der Waals surface area contributed by atoms with Gasteiger partial charge in [0.2, 0.25) is 0 Å². The van der Waals surface area contributed by atoms with Crippen LogP contribution in [0.2, 0.25) is 0 Å². The molecule has 3 heterocycles. The number of hydrogen-bond donors (Lipinski definition) is 2. The van der Waals surface area contributed by atoms with Crippen molar-refractivity contribution < 1.29 is 14.1 Å². The average Bonchev–Trinajstić information content (AvgIpc) is 3.14. The van der Waals surface area contributed by atoms with Crippen molar-refractivity contribution in [1.82, 2.24) is 20.3 Å². The molecule has 1 fully saturated rings. The number of carbonyl (C=O) groups is 2. The Kier molecular flexibility index (Phi) is 3.59. The van der Waals surface area contributed by atoms with E-state index in [1.807, 2.05) is 4.68 Å². The molecule has 24 heavy (non-hydrogen) atoms. The molecule has 2 amide bonds. The normalized spacial score (nSPS) is 19.8. The maximum Gasteiger partial charge on any atom is 0.256 e. The summed E-state index contributed by atoms with van der Waals surface area (Å²) in [7, 11) is 0. The van der Waals surface area contributed by atoms with Crippen LogP contribution in [-0.4, -0.2) is 33.3 Å². The lowest BCUT2D eigenvalue weighted by Crippen LogP contribution is -2.34. The Labute approximate surface area is 138 Å². The summed E-state index contributed by atoms with van der Waals surface area (Å²) in [6.45, 7) is 1.27. The molecule has 2 aromatic heterocycles. The molecule has 0 radical (unpaired) electrons. The lowest BCUT2D eigenvalue weighted by Gasteiger charge is -2.24. The van der Waals surface area contributed by atoms with Gasteiger partial charge in [-0.05, 0) is 31.6 Å². The van der Waals surface area contributed by atoms with Gasteiger partial charge in [-0.25, -0.2) is 0 Å². The fourth-order valence-corrected chi connectivity index (χ4v) is 3.28. The second kappa shape index (κ2) is 5.77. The van der Waals surface area contributed by atoms with Crippen LogP contribution in [0, 0.1) is 5.92 Å². The first-order valence-corrected chi connectivity index (χ1v) is 8.20. The van der Waals surface area contributed by atoms with Crippen LogP contribution in [0.5, 0.6) is 0 Å². The van der Waals surface area contributed by atoms with E-state index in [4.69, 9.17) is 10.3 Å². The van der Waals surface area contributed by atoms with E-state index in [2.05, 4.69) is 15.6 Å². The molecule has 8 nitrogen and oxygen atoms in total. The molecule has 1 aliphatic carbocycles. The number of carbonyl (C=O) groups excluding carboxylic acids is 2. The number of nitrogens with zero attached hydrogens (tertiary/aromatic N) is 3. The van der Waals surface area contributed by atoms with Gasteiger partial charge in [-0.2, -0.15) is 5.10 Å². The summed E-state index contributed by atoms with van der Waals surface area (Å²) < 4.78 is 6.79. The Morgan fingerprint density at radius 2 is 2.17 bits per heavy atom. The van der Waals surface area contributed by atoms with E-state index in [0.29, 0.717) is 30.0 Å². The molecule has 4 rings (SSSR count). The Hall–Kier alpha value is -2.64. The molecule has 8 heteroatoms. The van der Waals surface area contributed by atoms with Gasteiger partial charge in [0.1, 0.15) is 11.8 Å². The first kappa shape index (κ1) is 14.9. The molecule has 0 bridgehead atoms. The molecule has 2 aromatic rings. The fourth-order valence-electron chi connectivity index (χ4n) is 3.28. The van der Waals surface area contributed by atoms with Crippen LogP contribution in [-0.2, 0) is 13.0 Å². The molecule has 3 N–H and O–H groups in total. The number of nitrogens with two attached hydrogens (primary N) is 1. The van der Waals surface area contributed by atoms with Gasteiger partial charge in [0.25, 0.3) is 11.8 Å². The first-order valence-electron chi connectivity index (χ1n) is 8.20. The Morgan fingerprint density at radius 1 is 1.33 bits per heavy atom. The van der Waals surface area contributed by atoms with Gasteiger partial charge in [0.05, 0.1) is 23.1 Å². The van der Waals surface area contributed by atoms with Crippen molar-refractivity contribution in [1.29, 1.82) is 0 Å². The minimum atomic E-state index is -0.459. The number of hydrogen-bond acceptors (Lipinski definition) is 5. The zero-order chi connectivity index (χ0) is 16.7. The molecular formula is C16H19N5O3. The highest BCUT2D eigenvalue weighted by Crippen LogP contribution is 2.40. The van der Waals surface area contributed by atoms with E-state index >= 15 is 0 Å². The van der Waals surface area contributed by atoms with E-state index in [1.165, 1.54) is 12.5 Å². The van der Waals surface area contributed by atoms with Gasteiger partial charge >= 0.3 is 0 Å². The summed E-state index contributed by atoms with van der Waals surface area (Å²) in [5, 5.41) is 11.1. The maximum atomic E-state index is 12.4. The van der Waals surface area contributed by atoms with Crippen LogP contribution in [0.1, 0.15) is 57.3 Å². The number of rotatable bonds is 5. The predicted molar refractivity (Wildman–Crippen MR) is 83.4 cm³/mol. The second-order valence-corrected chi connectivity index (χ2v) is 6.55. The van der Waals surface area contributed by atoms with Crippen LogP contribution in [0.4, 0.5) is 0 Å². The van der Waals surface area contributed by atoms with E-state index < -0.39 is 5.91 Å². The average molecular weight is 329 g/mol. The van der Waals surface area contributed by atoms with Crippen molar-refractivity contribution in [3.8, 4) is 0 Å². The quantitative estimate of drug-likeness (QED) is 0.843. The molecule has 0 saturated heterocycles. The topological polar surface area (TPSA) is 116 Å². The second-order valence-electron chi connectivity index (χ2n) is 6.55. The number of primary amides is 1. The third-order valence-electron chi connectivity index (χ3n) is 4.80. The van der Waals surface area contributed by atoms with Gasteiger partial charge in [-0.15, -0.1) is 0 Å². The largest absolute Gasteiger partial charge is 0.365 e. The van der Waals surface area contributed by atoms with Gasteiger partial charge in [0, 0.05) is 19.0 Å². The van der Waals surface area contributed by atoms with E-state index in [1.54, 1.807) is 0 Å². The number of aromatic nitrogens is 3. The summed E-state index contributed by atoms with van der Waals surface area (Å²) in [4.78, 5) is 23.8. The molecule has 1 aliphatic heterocycles. The molecular weight excluding hydrogens is 310 g/mol. The van der Waals surface area contributed by atoms with Crippen molar-refractivity contribution in [2.75, 3.05) is 6.54 Å². The van der Waals surface area contributed by atoms with Crippen molar-refractivity contribution in [3.63, 3.8) is 0 Å². The van der Waals surface area contributed by atoms with Crippen molar-refractivity contribution >= 4 is 11.8 Å². The third kappa shape index (κ3) is 2.68. The monoisotopic (exact) mass is 329 g/mol. The molecule has 0 aromatic carbocycles. The lowest BCUT2D eigenvalue weighted by molar-refractivity contribution is 0.0940. The standard InChI is InChI=1S/C16H19N5O3/c17-15(22)11-7-19-21-4-3-9(5-13(11)21)6-18-16(23)12-8-24-20-14(12)10-1-2-10/h7-10H,1-6H2,(H2,17,22)(H,18,23). The predicted octanol–water partition coefficient (Wildman–Crippen LogP) is 0.840. The Bertz CT molecular complexity index is 789. The summed E-state index contributed by atoms with van der Waals surface area (Å²) in [5.74, 6) is 0.0129. The minimum absolute atomic E-state index is 0.146. The Balaban J connectivity index is 1.39. The number of amides is 2. The van der Waals surface area contributed by atoms with Crippen LogP contribution in [0.3, 0.4) is 0 Å². The van der Waals surface area contributed by atoms with Crippen molar-refractivity contribution in [3.05, 3.63) is 35.0 Å². The van der Waals surface area contributed by atoms with Crippen molar-refractivity contribution in [2.24, 2.45) is 11.7 Å². The van der Waals surface area contributed by atoms with Gasteiger partial charge in [-0.3, -0.25) is 14.3 Å². The lowest BCUT2D eigenvalue weighted by atomic mass is 9.94. The molecule has 1 unspecified atom stereocenters. The van der Waals surface area contributed by atoms with E-state index in [-0.39, 0.29) is 11.8 Å². The molecule has 0 spiro atoms. The molecule has 1 saturated carbocycles. The van der Waals surface area contributed by atoms with E-state index in [0.717, 1.165) is 37.2 Å². The van der Waals surface area contributed by atoms with Gasteiger partial charge in [0.15, 0.2) is 0 Å². The van der Waals surface area contributed by atoms with Crippen LogP contribution >= 0.6 is 0 Å². The molecule has 2 aliphatic rings. The zero-order valence-corrected chi connectivity index (χ0v) is 13.2. The highest BCUT2D eigenvalue weighted by Gasteiger charge is 2.32. The zero-order valence-electron chi connectivity index (χ0n) is 13.2. The fraction of sp³-hybridized carbons (Fsp3) is 0.500. The highest BCUT2D eigenvalue weighted by molar-refractivity contribution is 5.95. The van der Waals surface area contributed by atoms with E-state index in [9.17, 15) is 9.59 Å². The summed E-state index contributed by atoms with van der Waals surface area (Å²) >= 11 is 0. The van der Waals surface area contributed by atoms with Crippen LogP contribution < -0.4 is 11.1 Å². The number of aryl methyl sites for hydroxylation is 1. The molecule has 1 atom stereocenters. The van der Waals surface area contributed by atoms with Crippen LogP contribution in [0.15, 0.2) is 17.0 Å². The Morgan fingerprint density at radius 3 is 2.92 bits per heavy atom. The van der Waals surface area contributed by atoms with Gasteiger partial charge in [-0.1, -0.05) is 5.16 Å². The third-order valence-corrected chi connectivity index (χ3v) is 4.80. The minimum Gasteiger partial charge on any atom is -0.365 e. The summed E-state index contributed by atoms with van der Waals surface area (Å²) in [6.07, 6.45) is 6.65.